The number of hydrogen-bond acceptors (Lipinski definition) is 5. The molecule has 1 rings (SSSR count). The highest BCUT2D eigenvalue weighted by atomic mass is 16.6. The van der Waals surface area contributed by atoms with Crippen LogP contribution in [0.15, 0.2) is 30.3 Å². The maximum Gasteiger partial charge on any atom is 0.408 e. The molecule has 1 aromatic rings. The van der Waals surface area contributed by atoms with Gasteiger partial charge in [0.25, 0.3) is 0 Å². The van der Waals surface area contributed by atoms with Crippen LogP contribution in [0.5, 0.6) is 0 Å². The van der Waals surface area contributed by atoms with E-state index in [1.807, 2.05) is 30.3 Å². The van der Waals surface area contributed by atoms with E-state index in [4.69, 9.17) is 4.74 Å². The van der Waals surface area contributed by atoms with Crippen LogP contribution < -0.4 is 5.32 Å². The number of ether oxygens (including phenoxy) is 2. The molecule has 0 saturated heterocycles. The smallest absolute Gasteiger partial charge is 0.408 e. The van der Waals surface area contributed by atoms with E-state index in [1.165, 1.54) is 7.11 Å². The van der Waals surface area contributed by atoms with Gasteiger partial charge in [-0.2, -0.15) is 0 Å². The second-order valence-electron chi connectivity index (χ2n) is 4.58. The van der Waals surface area contributed by atoms with Gasteiger partial charge in [0.05, 0.1) is 13.2 Å². The molecule has 2 N–H and O–H groups in total. The minimum Gasteiger partial charge on any atom is -0.467 e. The van der Waals surface area contributed by atoms with Gasteiger partial charge < -0.3 is 19.9 Å². The highest BCUT2D eigenvalue weighted by Crippen LogP contribution is 2.05. The number of amides is 1. The van der Waals surface area contributed by atoms with E-state index in [0.29, 0.717) is 6.42 Å². The minimum absolute atomic E-state index is 0.0869. The lowest BCUT2D eigenvalue weighted by molar-refractivity contribution is -0.143. The number of hydrogen-bond donors (Lipinski definition) is 2. The van der Waals surface area contributed by atoms with Gasteiger partial charge in [0, 0.05) is 6.42 Å². The summed E-state index contributed by atoms with van der Waals surface area (Å²) in [7, 11) is 1.23. The zero-order valence-electron chi connectivity index (χ0n) is 12.2. The van der Waals surface area contributed by atoms with Crippen LogP contribution in [0.4, 0.5) is 4.79 Å². The van der Waals surface area contributed by atoms with Crippen molar-refractivity contribution in [2.75, 3.05) is 7.11 Å². The molecule has 0 saturated carbocycles. The van der Waals surface area contributed by atoms with Crippen molar-refractivity contribution in [3.63, 3.8) is 0 Å². The summed E-state index contributed by atoms with van der Waals surface area (Å²) >= 11 is 0. The third kappa shape index (κ3) is 6.27. The van der Waals surface area contributed by atoms with Crippen LogP contribution in [-0.2, 0) is 20.9 Å². The number of methoxy groups -OCH3 is 1. The quantitative estimate of drug-likeness (QED) is 0.747. The molecule has 21 heavy (non-hydrogen) atoms. The maximum absolute atomic E-state index is 11.7. The minimum atomic E-state index is -0.923. The highest BCUT2D eigenvalue weighted by Gasteiger charge is 2.24. The third-order valence-electron chi connectivity index (χ3n) is 2.97. The third-order valence-corrected chi connectivity index (χ3v) is 2.97. The van der Waals surface area contributed by atoms with Crippen molar-refractivity contribution in [1.82, 2.24) is 5.32 Å². The van der Waals surface area contributed by atoms with E-state index in [1.54, 1.807) is 6.92 Å². The standard InChI is InChI=1S/C15H21NO5/c1-3-12(17)9-13(14(18)20-2)16-15(19)21-10-11-7-5-4-6-8-11/h4-8,12-13,17H,3,9-10H2,1-2H3,(H,16,19)/t12-,13+/m1/s1. The van der Waals surface area contributed by atoms with Crippen molar-refractivity contribution in [2.24, 2.45) is 0 Å². The summed E-state index contributed by atoms with van der Waals surface area (Å²) in [6.45, 7) is 1.89. The first-order valence-electron chi connectivity index (χ1n) is 6.80. The van der Waals surface area contributed by atoms with Crippen molar-refractivity contribution < 1.29 is 24.2 Å². The first kappa shape index (κ1) is 17.0. The molecule has 2 atom stereocenters. The largest absolute Gasteiger partial charge is 0.467 e. The van der Waals surface area contributed by atoms with Gasteiger partial charge in [-0.05, 0) is 12.0 Å². The van der Waals surface area contributed by atoms with Gasteiger partial charge in [-0.15, -0.1) is 0 Å². The number of benzene rings is 1. The highest BCUT2D eigenvalue weighted by molar-refractivity contribution is 5.81. The molecule has 6 nitrogen and oxygen atoms in total. The van der Waals surface area contributed by atoms with E-state index < -0.39 is 24.2 Å². The fourth-order valence-electron chi connectivity index (χ4n) is 1.70. The van der Waals surface area contributed by atoms with Gasteiger partial charge >= 0.3 is 12.1 Å². The van der Waals surface area contributed by atoms with Gasteiger partial charge in [-0.3, -0.25) is 0 Å². The SMILES string of the molecule is CC[C@@H](O)C[C@H](NC(=O)OCc1ccccc1)C(=O)OC. The topological polar surface area (TPSA) is 84.9 Å². The molecule has 0 fully saturated rings. The first-order valence-corrected chi connectivity index (χ1v) is 6.80. The molecule has 1 aromatic carbocycles. The summed E-state index contributed by atoms with van der Waals surface area (Å²) in [5.41, 5.74) is 0.843. The lowest BCUT2D eigenvalue weighted by atomic mass is 10.1. The van der Waals surface area contributed by atoms with Crippen molar-refractivity contribution in [1.29, 1.82) is 0 Å². The number of aliphatic hydroxyl groups excluding tert-OH is 1. The van der Waals surface area contributed by atoms with Crippen LogP contribution in [0.25, 0.3) is 0 Å². The van der Waals surface area contributed by atoms with E-state index >= 15 is 0 Å². The molecule has 0 unspecified atom stereocenters. The summed E-state index contributed by atoms with van der Waals surface area (Å²) in [4.78, 5) is 23.3. The van der Waals surface area contributed by atoms with Crippen LogP contribution in [0.2, 0.25) is 0 Å². The Hall–Kier alpha value is -2.08. The van der Waals surface area contributed by atoms with Gasteiger partial charge in [0.1, 0.15) is 12.6 Å². The van der Waals surface area contributed by atoms with Crippen LogP contribution in [0.1, 0.15) is 25.3 Å². The van der Waals surface area contributed by atoms with Gasteiger partial charge in [-0.25, -0.2) is 9.59 Å². The van der Waals surface area contributed by atoms with E-state index in [2.05, 4.69) is 10.1 Å². The first-order chi connectivity index (χ1) is 10.1. The second kappa shape index (κ2) is 8.97. The number of alkyl carbamates (subject to hydrolysis) is 1. The lowest BCUT2D eigenvalue weighted by Gasteiger charge is -2.18. The molecule has 1 amide bonds. The molecule has 0 aliphatic heterocycles. The number of esters is 1. The fraction of sp³-hybridized carbons (Fsp3) is 0.467. The number of carbonyl (C=O) groups is 2. The Morgan fingerprint density at radius 2 is 1.95 bits per heavy atom. The Kier molecular flexibility index (Phi) is 7.25. The predicted molar refractivity (Wildman–Crippen MR) is 76.5 cm³/mol. The van der Waals surface area contributed by atoms with Crippen molar-refractivity contribution >= 4 is 12.1 Å². The van der Waals surface area contributed by atoms with E-state index in [0.717, 1.165) is 5.56 Å². The van der Waals surface area contributed by atoms with E-state index in [9.17, 15) is 14.7 Å². The monoisotopic (exact) mass is 295 g/mol. The van der Waals surface area contributed by atoms with Crippen LogP contribution in [0, 0.1) is 0 Å². The van der Waals surface area contributed by atoms with Gasteiger partial charge in [0.2, 0.25) is 0 Å². The second-order valence-corrected chi connectivity index (χ2v) is 4.58. The number of carbonyl (C=O) groups excluding carboxylic acids is 2. The average molecular weight is 295 g/mol. The molecule has 0 radical (unpaired) electrons. The Morgan fingerprint density at radius 1 is 1.29 bits per heavy atom. The summed E-state index contributed by atoms with van der Waals surface area (Å²) in [6, 6.07) is 8.27. The zero-order chi connectivity index (χ0) is 15.7. The Bertz CT molecular complexity index is 449. The molecule has 6 heteroatoms. The van der Waals surface area contributed by atoms with Crippen LogP contribution in [-0.4, -0.2) is 36.4 Å². The molecule has 0 bridgehead atoms. The Balaban J connectivity index is 2.49. The molecular weight excluding hydrogens is 274 g/mol. The molecule has 0 heterocycles. The summed E-state index contributed by atoms with van der Waals surface area (Å²) in [5, 5.41) is 12.0. The summed E-state index contributed by atoms with van der Waals surface area (Å²) in [5.74, 6) is -0.612. The molecule has 0 aliphatic carbocycles. The van der Waals surface area contributed by atoms with Crippen LogP contribution in [0.3, 0.4) is 0 Å². The van der Waals surface area contributed by atoms with E-state index in [-0.39, 0.29) is 13.0 Å². The molecule has 0 spiro atoms. The predicted octanol–water partition coefficient (Wildman–Crippen LogP) is 1.62. The molecule has 116 valence electrons. The fourth-order valence-corrected chi connectivity index (χ4v) is 1.70. The number of nitrogens with one attached hydrogen (secondary N) is 1. The summed E-state index contributed by atoms with van der Waals surface area (Å²) < 4.78 is 9.63. The van der Waals surface area contributed by atoms with Crippen molar-refractivity contribution in [2.45, 2.75) is 38.5 Å². The zero-order valence-corrected chi connectivity index (χ0v) is 12.2. The molecule has 0 aromatic heterocycles. The van der Waals surface area contributed by atoms with Crippen molar-refractivity contribution in [3.8, 4) is 0 Å². The van der Waals surface area contributed by atoms with Gasteiger partial charge in [-0.1, -0.05) is 37.3 Å². The average Bonchev–Trinajstić information content (AvgIpc) is 2.52. The number of aliphatic hydroxyl groups is 1. The maximum atomic E-state index is 11.7. The number of rotatable bonds is 7. The van der Waals surface area contributed by atoms with Crippen molar-refractivity contribution in [3.05, 3.63) is 35.9 Å². The molecular formula is C15H21NO5. The molecule has 0 aliphatic rings. The lowest BCUT2D eigenvalue weighted by Crippen LogP contribution is -2.43. The Morgan fingerprint density at radius 3 is 2.52 bits per heavy atom. The normalized spacial score (nSPS) is 13.1. The summed E-state index contributed by atoms with van der Waals surface area (Å²) in [6.07, 6.45) is -0.848. The van der Waals surface area contributed by atoms with Crippen LogP contribution >= 0.6 is 0 Å². The van der Waals surface area contributed by atoms with Gasteiger partial charge in [0.15, 0.2) is 0 Å². The Labute approximate surface area is 124 Å².